The lowest BCUT2D eigenvalue weighted by atomic mass is 9.94. The van der Waals surface area contributed by atoms with Crippen LogP contribution in [0.1, 0.15) is 0 Å². The second-order valence-corrected chi connectivity index (χ2v) is 11.2. The largest absolute Gasteiger partial charge is 0.452 e. The number of fused-ring (bicyclic) bond motifs is 9. The van der Waals surface area contributed by atoms with E-state index in [0.29, 0.717) is 0 Å². The maximum atomic E-state index is 6.51. The van der Waals surface area contributed by atoms with Gasteiger partial charge in [-0.1, -0.05) is 115 Å². The van der Waals surface area contributed by atoms with Crippen LogP contribution in [0.15, 0.2) is 162 Å². The van der Waals surface area contributed by atoms with Crippen molar-refractivity contribution in [2.75, 3.05) is 4.90 Å². The molecule has 0 aliphatic rings. The predicted molar refractivity (Wildman–Crippen MR) is 184 cm³/mol. The van der Waals surface area contributed by atoms with E-state index >= 15 is 0 Å². The summed E-state index contributed by atoms with van der Waals surface area (Å²) in [5.74, 6) is 0.760. The number of nitrogens with zero attached hydrogens (tertiary/aromatic N) is 2. The lowest BCUT2D eigenvalue weighted by Crippen LogP contribution is -2.12. The molecule has 7 aromatic carbocycles. The van der Waals surface area contributed by atoms with Gasteiger partial charge in [-0.15, -0.1) is 0 Å². The van der Waals surface area contributed by atoms with Crippen LogP contribution in [0.2, 0.25) is 0 Å². The third kappa shape index (κ3) is 3.80. The van der Waals surface area contributed by atoms with Gasteiger partial charge in [0.15, 0.2) is 11.4 Å². The maximum Gasteiger partial charge on any atom is 0.181 e. The zero-order chi connectivity index (χ0) is 29.0. The molecule has 0 bridgehead atoms. The van der Waals surface area contributed by atoms with Crippen LogP contribution in [0, 0.1) is 0 Å². The third-order valence-corrected chi connectivity index (χ3v) is 8.71. The number of aromatic nitrogens is 1. The van der Waals surface area contributed by atoms with Crippen molar-refractivity contribution in [1.82, 2.24) is 4.98 Å². The molecule has 0 fully saturated rings. The zero-order valence-electron chi connectivity index (χ0n) is 23.8. The number of hydrogen-bond donors (Lipinski definition) is 0. The molecule has 0 atom stereocenters. The highest BCUT2D eigenvalue weighted by Gasteiger charge is 2.21. The molecule has 0 spiro atoms. The Labute approximate surface area is 254 Å². The third-order valence-electron chi connectivity index (χ3n) is 8.71. The minimum atomic E-state index is 0.760. The fraction of sp³-hybridized carbons (Fsp3) is 0. The Morgan fingerprint density at radius 1 is 0.409 bits per heavy atom. The number of para-hydroxylation sites is 1. The summed E-state index contributed by atoms with van der Waals surface area (Å²) in [5.41, 5.74) is 6.00. The SMILES string of the molecule is c1ccc(-c2ccc(N(c3ccc4c5ccccc5c5ccccc5c4c3)c3nccc4c3oc3ccccc34)cc2)cc1. The highest BCUT2D eigenvalue weighted by atomic mass is 16.3. The van der Waals surface area contributed by atoms with E-state index < -0.39 is 0 Å². The van der Waals surface area contributed by atoms with Gasteiger partial charge in [-0.2, -0.15) is 0 Å². The molecule has 9 rings (SSSR count). The second-order valence-electron chi connectivity index (χ2n) is 11.2. The van der Waals surface area contributed by atoms with Gasteiger partial charge in [0.2, 0.25) is 0 Å². The van der Waals surface area contributed by atoms with Crippen molar-refractivity contribution in [3.63, 3.8) is 0 Å². The lowest BCUT2D eigenvalue weighted by molar-refractivity contribution is 0.667. The van der Waals surface area contributed by atoms with Gasteiger partial charge >= 0.3 is 0 Å². The Morgan fingerprint density at radius 2 is 0.955 bits per heavy atom. The van der Waals surface area contributed by atoms with Crippen LogP contribution in [-0.2, 0) is 0 Å². The molecule has 0 aliphatic heterocycles. The second kappa shape index (κ2) is 9.82. The Hall–Kier alpha value is -5.93. The van der Waals surface area contributed by atoms with Crippen molar-refractivity contribution in [3.05, 3.63) is 158 Å². The summed E-state index contributed by atoms with van der Waals surface area (Å²) < 4.78 is 6.51. The molecule has 3 heteroatoms. The Bertz CT molecular complexity index is 2460. The van der Waals surface area contributed by atoms with E-state index in [9.17, 15) is 0 Å². The van der Waals surface area contributed by atoms with Crippen molar-refractivity contribution in [2.24, 2.45) is 0 Å². The Morgan fingerprint density at radius 3 is 1.66 bits per heavy atom. The van der Waals surface area contributed by atoms with Crippen LogP contribution >= 0.6 is 0 Å². The summed E-state index contributed by atoms with van der Waals surface area (Å²) in [6.07, 6.45) is 1.88. The molecule has 0 unspecified atom stereocenters. The molecule has 0 radical (unpaired) electrons. The van der Waals surface area contributed by atoms with Gasteiger partial charge in [-0.05, 0) is 79.8 Å². The Kier molecular flexibility index (Phi) is 5.50. The summed E-state index contributed by atoms with van der Waals surface area (Å²) in [4.78, 5) is 7.19. The molecule has 2 heterocycles. The van der Waals surface area contributed by atoms with Crippen molar-refractivity contribution < 1.29 is 4.42 Å². The number of hydrogen-bond acceptors (Lipinski definition) is 3. The maximum absolute atomic E-state index is 6.51. The summed E-state index contributed by atoms with van der Waals surface area (Å²) in [6, 6.07) is 53.6. The topological polar surface area (TPSA) is 29.3 Å². The quantitative estimate of drug-likeness (QED) is 0.200. The number of furan rings is 1. The standard InChI is InChI=1S/C41H26N2O/c1-2-10-27(11-3-1)28-18-20-29(21-19-28)43(41-40-37(24-25-42-41)36-16-8-9-17-39(36)44-40)30-22-23-35-33-14-5-4-12-31(33)32-13-6-7-15-34(32)38(35)26-30/h1-26H. The first kappa shape index (κ1) is 24.6. The van der Waals surface area contributed by atoms with Gasteiger partial charge in [0.25, 0.3) is 0 Å². The molecule has 0 saturated heterocycles. The molecule has 0 saturated carbocycles. The van der Waals surface area contributed by atoms with E-state index in [1.54, 1.807) is 0 Å². The molecule has 3 nitrogen and oxygen atoms in total. The van der Waals surface area contributed by atoms with Crippen LogP contribution < -0.4 is 4.90 Å². The first-order valence-corrected chi connectivity index (χ1v) is 14.9. The van der Waals surface area contributed by atoms with Crippen molar-refractivity contribution in [3.8, 4) is 11.1 Å². The summed E-state index contributed by atoms with van der Waals surface area (Å²) >= 11 is 0. The normalized spacial score (nSPS) is 11.6. The number of rotatable bonds is 4. The van der Waals surface area contributed by atoms with E-state index in [1.165, 1.54) is 43.4 Å². The van der Waals surface area contributed by atoms with Gasteiger partial charge in [-0.25, -0.2) is 4.98 Å². The Balaban J connectivity index is 1.32. The fourth-order valence-corrected chi connectivity index (χ4v) is 6.66. The first-order valence-electron chi connectivity index (χ1n) is 14.9. The predicted octanol–water partition coefficient (Wildman–Crippen LogP) is 11.6. The monoisotopic (exact) mass is 562 g/mol. The average molecular weight is 563 g/mol. The minimum absolute atomic E-state index is 0.760. The fourth-order valence-electron chi connectivity index (χ4n) is 6.66. The van der Waals surface area contributed by atoms with Crippen LogP contribution in [-0.4, -0.2) is 4.98 Å². The molecule has 2 aromatic heterocycles. The van der Waals surface area contributed by atoms with E-state index in [2.05, 4.69) is 132 Å². The van der Waals surface area contributed by atoms with E-state index in [-0.39, 0.29) is 0 Å². The average Bonchev–Trinajstić information content (AvgIpc) is 3.49. The molecule has 0 N–H and O–H groups in total. The first-order chi connectivity index (χ1) is 21.8. The van der Waals surface area contributed by atoms with Crippen LogP contribution in [0.5, 0.6) is 0 Å². The molecule has 9 aromatic rings. The lowest BCUT2D eigenvalue weighted by Gasteiger charge is -2.25. The summed E-state index contributed by atoms with van der Waals surface area (Å²) in [7, 11) is 0. The molecule has 0 aliphatic carbocycles. The highest BCUT2D eigenvalue weighted by Crippen LogP contribution is 2.43. The van der Waals surface area contributed by atoms with Crippen LogP contribution in [0.3, 0.4) is 0 Å². The van der Waals surface area contributed by atoms with E-state index in [4.69, 9.17) is 9.40 Å². The molecule has 206 valence electrons. The number of benzene rings is 7. The van der Waals surface area contributed by atoms with Crippen LogP contribution in [0.25, 0.3) is 65.4 Å². The van der Waals surface area contributed by atoms with Gasteiger partial charge in [0.05, 0.1) is 0 Å². The van der Waals surface area contributed by atoms with Crippen molar-refractivity contribution in [2.45, 2.75) is 0 Å². The number of pyridine rings is 1. The summed E-state index contributed by atoms with van der Waals surface area (Å²) in [5, 5.41) is 9.59. The van der Waals surface area contributed by atoms with Crippen molar-refractivity contribution in [1.29, 1.82) is 0 Å². The number of anilines is 3. The molecule has 0 amide bonds. The zero-order valence-corrected chi connectivity index (χ0v) is 23.8. The molecule has 44 heavy (non-hydrogen) atoms. The van der Waals surface area contributed by atoms with Crippen molar-refractivity contribution >= 4 is 71.4 Å². The smallest absolute Gasteiger partial charge is 0.181 e. The van der Waals surface area contributed by atoms with E-state index in [0.717, 1.165) is 39.1 Å². The van der Waals surface area contributed by atoms with E-state index in [1.807, 2.05) is 30.5 Å². The molecular weight excluding hydrogens is 536 g/mol. The molecular formula is C41H26N2O. The summed E-state index contributed by atoms with van der Waals surface area (Å²) in [6.45, 7) is 0. The minimum Gasteiger partial charge on any atom is -0.452 e. The van der Waals surface area contributed by atoms with Gasteiger partial charge in [0, 0.05) is 28.3 Å². The van der Waals surface area contributed by atoms with Gasteiger partial charge in [0.1, 0.15) is 5.58 Å². The van der Waals surface area contributed by atoms with Crippen LogP contribution in [0.4, 0.5) is 17.2 Å². The van der Waals surface area contributed by atoms with Gasteiger partial charge in [-0.3, -0.25) is 4.90 Å². The highest BCUT2D eigenvalue weighted by molar-refractivity contribution is 6.26. The van der Waals surface area contributed by atoms with Gasteiger partial charge < -0.3 is 4.42 Å².